The molecule has 0 saturated heterocycles. The second-order valence-electron chi connectivity index (χ2n) is 9.30. The van der Waals surface area contributed by atoms with Crippen LogP contribution in [-0.2, 0) is 9.53 Å². The van der Waals surface area contributed by atoms with Gasteiger partial charge in [-0.25, -0.2) is 0 Å². The van der Waals surface area contributed by atoms with E-state index in [0.29, 0.717) is 6.42 Å². The highest BCUT2D eigenvalue weighted by molar-refractivity contribution is 5.69. The van der Waals surface area contributed by atoms with Crippen molar-refractivity contribution in [2.75, 3.05) is 34.7 Å². The first-order chi connectivity index (χ1) is 15.6. The fraction of sp³-hybridized carbons (Fsp3) is 0.889. The summed E-state index contributed by atoms with van der Waals surface area (Å²) in [6.45, 7) is 0.938. The molecule has 0 aromatic carbocycles. The monoisotopic (exact) mass is 451 g/mol. The summed E-state index contributed by atoms with van der Waals surface area (Å²) in [6.07, 6.45) is 24.9. The average Bonchev–Trinajstić information content (AvgIpc) is 2.76. The third-order valence-electron chi connectivity index (χ3n) is 5.87. The minimum absolute atomic E-state index is 0.00738. The van der Waals surface area contributed by atoms with E-state index in [0.717, 1.165) is 38.6 Å². The summed E-state index contributed by atoms with van der Waals surface area (Å²) in [5.74, 6) is -0.00738. The van der Waals surface area contributed by atoms with Crippen LogP contribution in [0.1, 0.15) is 116 Å². The number of carbonyl (C=O) groups is 1. The van der Waals surface area contributed by atoms with E-state index >= 15 is 0 Å². The zero-order valence-corrected chi connectivity index (χ0v) is 21.8. The Morgan fingerprint density at radius 3 is 1.59 bits per heavy atom. The summed E-state index contributed by atoms with van der Waals surface area (Å²) in [6, 6.07) is 0. The summed E-state index contributed by atoms with van der Waals surface area (Å²) in [4.78, 5) is 22.5. The molecule has 5 nitrogen and oxygen atoms in total. The normalized spacial score (nSPS) is 12.9. The third kappa shape index (κ3) is 23.4. The van der Waals surface area contributed by atoms with E-state index in [4.69, 9.17) is 4.74 Å². The molecule has 0 fully saturated rings. The molecule has 0 saturated carbocycles. The van der Waals surface area contributed by atoms with Crippen LogP contribution >= 0.6 is 0 Å². The number of unbranched alkanes of at least 4 members (excludes halogenated alkanes) is 12. The number of esters is 1. The molecule has 0 amide bonds. The Morgan fingerprint density at radius 2 is 1.16 bits per heavy atom. The zero-order chi connectivity index (χ0) is 23.7. The molecule has 0 unspecified atom stereocenters. The smallest absolute Gasteiger partial charge is 0.306 e. The minimum atomic E-state index is -0.00738. The van der Waals surface area contributed by atoms with Crippen molar-refractivity contribution in [2.45, 2.75) is 122 Å². The Kier molecular flexibility index (Phi) is 23.5. The van der Waals surface area contributed by atoms with Gasteiger partial charge in [-0.2, -0.15) is 0 Å². The van der Waals surface area contributed by atoms with Crippen LogP contribution in [0.15, 0.2) is 9.98 Å². The highest BCUT2D eigenvalue weighted by Crippen LogP contribution is 2.18. The Labute approximate surface area is 199 Å². The third-order valence-corrected chi connectivity index (χ3v) is 5.87. The van der Waals surface area contributed by atoms with E-state index in [9.17, 15) is 4.79 Å². The summed E-state index contributed by atoms with van der Waals surface area (Å²) in [5, 5.41) is 0. The molecule has 0 rings (SSSR count). The molecule has 0 aliphatic heterocycles. The van der Waals surface area contributed by atoms with E-state index in [1.54, 1.807) is 0 Å². The van der Waals surface area contributed by atoms with Crippen LogP contribution in [0.2, 0.25) is 0 Å². The van der Waals surface area contributed by atoms with Gasteiger partial charge < -0.3 is 19.6 Å². The maximum Gasteiger partial charge on any atom is 0.306 e. The first kappa shape index (κ1) is 30.8. The number of rotatable bonds is 23. The number of aliphatic imine (C=N–C) groups is 2. The van der Waals surface area contributed by atoms with Crippen molar-refractivity contribution >= 4 is 18.4 Å². The molecule has 0 aromatic heterocycles. The molecule has 0 aliphatic rings. The van der Waals surface area contributed by atoms with E-state index in [1.807, 2.05) is 40.6 Å². The molecule has 188 valence electrons. The fourth-order valence-electron chi connectivity index (χ4n) is 3.93. The Balaban J connectivity index is 4.04. The summed E-state index contributed by atoms with van der Waals surface area (Å²) < 4.78 is 5.89. The lowest BCUT2D eigenvalue weighted by molar-refractivity contribution is -0.150. The van der Waals surface area contributed by atoms with Gasteiger partial charge in [0.1, 0.15) is 6.10 Å². The number of nitrogens with zero attached hydrogens (tertiary/aromatic N) is 3. The van der Waals surface area contributed by atoms with Crippen LogP contribution in [0, 0.1) is 0 Å². The van der Waals surface area contributed by atoms with Crippen molar-refractivity contribution < 1.29 is 9.53 Å². The standard InChI is InChI=1S/C27H53N3O2/c1-28-23-17-13-9-5-7-11-15-20-26(32-27(31)22-19-25-30(3)4)21-16-12-8-6-10-14-18-24-29-2/h23-24,26H,5-22,25H2,1-4H3. The van der Waals surface area contributed by atoms with Crippen molar-refractivity contribution in [2.24, 2.45) is 9.98 Å². The molecule has 0 aliphatic carbocycles. The van der Waals surface area contributed by atoms with Gasteiger partial charge in [0.15, 0.2) is 0 Å². The highest BCUT2D eigenvalue weighted by atomic mass is 16.5. The second-order valence-corrected chi connectivity index (χ2v) is 9.30. The number of carbonyl (C=O) groups excluding carboxylic acids is 1. The fourth-order valence-corrected chi connectivity index (χ4v) is 3.93. The van der Waals surface area contributed by atoms with Gasteiger partial charge in [0, 0.05) is 20.5 Å². The van der Waals surface area contributed by atoms with Crippen molar-refractivity contribution in [1.29, 1.82) is 0 Å². The van der Waals surface area contributed by atoms with Crippen molar-refractivity contribution in [3.8, 4) is 0 Å². The Morgan fingerprint density at radius 1 is 0.719 bits per heavy atom. The van der Waals surface area contributed by atoms with E-state index in [2.05, 4.69) is 14.9 Å². The molecule has 0 N–H and O–H groups in total. The number of ether oxygens (including phenoxy) is 1. The van der Waals surface area contributed by atoms with Crippen molar-refractivity contribution in [3.05, 3.63) is 0 Å². The maximum atomic E-state index is 12.3. The van der Waals surface area contributed by atoms with Crippen molar-refractivity contribution in [3.63, 3.8) is 0 Å². The van der Waals surface area contributed by atoms with Gasteiger partial charge in [-0.15, -0.1) is 0 Å². The molecule has 0 atom stereocenters. The summed E-state index contributed by atoms with van der Waals surface area (Å²) >= 11 is 0. The van der Waals surface area contributed by atoms with Gasteiger partial charge in [0.2, 0.25) is 0 Å². The quantitative estimate of drug-likeness (QED) is 0.0966. The van der Waals surface area contributed by atoms with Crippen LogP contribution in [0.3, 0.4) is 0 Å². The van der Waals surface area contributed by atoms with Crippen molar-refractivity contribution in [1.82, 2.24) is 4.90 Å². The average molecular weight is 452 g/mol. The SMILES string of the molecule is CN=CCCCCCCCCC(CCCCCCCCC=NC)OC(=O)CCCN(C)C. The molecule has 0 bridgehead atoms. The lowest BCUT2D eigenvalue weighted by Crippen LogP contribution is -2.20. The van der Waals surface area contributed by atoms with Gasteiger partial charge >= 0.3 is 5.97 Å². The van der Waals surface area contributed by atoms with Gasteiger partial charge in [0.05, 0.1) is 0 Å². The molecule has 5 heteroatoms. The molecular formula is C27H53N3O2. The molecule has 0 radical (unpaired) electrons. The predicted molar refractivity (Wildman–Crippen MR) is 140 cm³/mol. The van der Waals surface area contributed by atoms with Crippen LogP contribution in [0.5, 0.6) is 0 Å². The molecule has 32 heavy (non-hydrogen) atoms. The Bertz CT molecular complexity index is 436. The molecule has 0 heterocycles. The summed E-state index contributed by atoms with van der Waals surface area (Å²) in [5.41, 5.74) is 0. The van der Waals surface area contributed by atoms with Gasteiger partial charge in [0.25, 0.3) is 0 Å². The van der Waals surface area contributed by atoms with Crippen LogP contribution < -0.4 is 0 Å². The Hall–Kier alpha value is -1.23. The largest absolute Gasteiger partial charge is 0.462 e. The van der Waals surface area contributed by atoms with E-state index in [-0.39, 0.29) is 12.1 Å². The highest BCUT2D eigenvalue weighted by Gasteiger charge is 2.14. The minimum Gasteiger partial charge on any atom is -0.462 e. The lowest BCUT2D eigenvalue weighted by Gasteiger charge is -2.18. The second kappa shape index (κ2) is 24.4. The zero-order valence-electron chi connectivity index (χ0n) is 21.8. The molecule has 0 spiro atoms. The lowest BCUT2D eigenvalue weighted by atomic mass is 10.0. The maximum absolute atomic E-state index is 12.3. The topological polar surface area (TPSA) is 54.3 Å². The molecule has 0 aromatic rings. The first-order valence-electron chi connectivity index (χ1n) is 13.3. The van der Waals surface area contributed by atoms with E-state index < -0.39 is 0 Å². The van der Waals surface area contributed by atoms with E-state index in [1.165, 1.54) is 77.0 Å². The van der Waals surface area contributed by atoms with Crippen LogP contribution in [-0.4, -0.2) is 64.1 Å². The van der Waals surface area contributed by atoms with Gasteiger partial charge in [-0.3, -0.25) is 4.79 Å². The van der Waals surface area contributed by atoms with Gasteiger partial charge in [-0.1, -0.05) is 51.4 Å². The summed E-state index contributed by atoms with van der Waals surface area (Å²) in [7, 11) is 7.78. The number of hydrogen-bond acceptors (Lipinski definition) is 5. The van der Waals surface area contributed by atoms with Gasteiger partial charge in [-0.05, 0) is 90.9 Å². The van der Waals surface area contributed by atoms with Crippen LogP contribution in [0.4, 0.5) is 0 Å². The van der Waals surface area contributed by atoms with Crippen LogP contribution in [0.25, 0.3) is 0 Å². The first-order valence-corrected chi connectivity index (χ1v) is 13.3. The molecular weight excluding hydrogens is 398 g/mol. The predicted octanol–water partition coefficient (Wildman–Crippen LogP) is 6.88. The number of hydrogen-bond donors (Lipinski definition) is 0.